The van der Waals surface area contributed by atoms with Gasteiger partial charge in [0.25, 0.3) is 0 Å². The van der Waals surface area contributed by atoms with Gasteiger partial charge in [-0.2, -0.15) is 0 Å². The first-order valence-corrected chi connectivity index (χ1v) is 7.55. The molecule has 0 radical (unpaired) electrons. The lowest BCUT2D eigenvalue weighted by Gasteiger charge is -2.19. The molecule has 0 bridgehead atoms. The van der Waals surface area contributed by atoms with Crippen LogP contribution in [0.2, 0.25) is 10.0 Å². The van der Waals surface area contributed by atoms with Crippen LogP contribution in [0.15, 0.2) is 35.7 Å². The van der Waals surface area contributed by atoms with Crippen molar-refractivity contribution in [2.45, 2.75) is 19.4 Å². The highest BCUT2D eigenvalue weighted by Gasteiger charge is 2.15. The van der Waals surface area contributed by atoms with E-state index < -0.39 is 0 Å². The van der Waals surface area contributed by atoms with Gasteiger partial charge < -0.3 is 5.32 Å². The van der Waals surface area contributed by atoms with Crippen LogP contribution in [0.3, 0.4) is 0 Å². The summed E-state index contributed by atoms with van der Waals surface area (Å²) in [7, 11) is 0. The average molecular weight is 300 g/mol. The normalized spacial score (nSPS) is 12.6. The lowest BCUT2D eigenvalue weighted by molar-refractivity contribution is 0.553. The molecule has 1 atom stereocenters. The first-order valence-electron chi connectivity index (χ1n) is 5.91. The van der Waals surface area contributed by atoms with Crippen molar-refractivity contribution in [1.82, 2.24) is 5.32 Å². The molecular formula is C14H15Cl2NS. The van der Waals surface area contributed by atoms with Gasteiger partial charge in [-0.3, -0.25) is 0 Å². The minimum Gasteiger partial charge on any atom is -0.310 e. The molecule has 1 heterocycles. The molecule has 4 heteroatoms. The Morgan fingerprint density at radius 3 is 2.78 bits per heavy atom. The Hall–Kier alpha value is -0.540. The van der Waals surface area contributed by atoms with Crippen molar-refractivity contribution >= 4 is 34.5 Å². The molecule has 2 aromatic rings. The molecule has 1 unspecified atom stereocenters. The highest BCUT2D eigenvalue weighted by atomic mass is 35.5. The zero-order chi connectivity index (χ0) is 13.0. The summed E-state index contributed by atoms with van der Waals surface area (Å²) in [6, 6.07) is 10.1. The van der Waals surface area contributed by atoms with Crippen molar-refractivity contribution < 1.29 is 0 Å². The Labute approximate surface area is 122 Å². The Kier molecular flexibility index (Phi) is 5.07. The van der Waals surface area contributed by atoms with E-state index in [0.717, 1.165) is 28.6 Å². The maximum Gasteiger partial charge on any atom is 0.0454 e. The molecule has 1 aromatic carbocycles. The van der Waals surface area contributed by atoms with E-state index in [9.17, 15) is 0 Å². The minimum absolute atomic E-state index is 0.208. The van der Waals surface area contributed by atoms with Crippen LogP contribution in [0, 0.1) is 0 Å². The number of thiophene rings is 1. The van der Waals surface area contributed by atoms with Crippen molar-refractivity contribution in [2.75, 3.05) is 6.54 Å². The van der Waals surface area contributed by atoms with E-state index in [-0.39, 0.29) is 6.04 Å². The van der Waals surface area contributed by atoms with Crippen LogP contribution in [0.4, 0.5) is 0 Å². The summed E-state index contributed by atoms with van der Waals surface area (Å²) in [6.45, 7) is 3.00. The SMILES string of the molecule is CCNC(Cc1cccs1)c1cc(Cl)ccc1Cl. The summed E-state index contributed by atoms with van der Waals surface area (Å²) in [4.78, 5) is 1.34. The van der Waals surface area contributed by atoms with E-state index in [1.54, 1.807) is 11.3 Å². The van der Waals surface area contributed by atoms with Gasteiger partial charge in [-0.1, -0.05) is 36.2 Å². The Balaban J connectivity index is 2.26. The van der Waals surface area contributed by atoms with Gasteiger partial charge >= 0.3 is 0 Å². The highest BCUT2D eigenvalue weighted by Crippen LogP contribution is 2.29. The first-order chi connectivity index (χ1) is 8.70. The van der Waals surface area contributed by atoms with Gasteiger partial charge in [0.2, 0.25) is 0 Å². The monoisotopic (exact) mass is 299 g/mol. The lowest BCUT2D eigenvalue weighted by atomic mass is 10.0. The summed E-state index contributed by atoms with van der Waals surface area (Å²) < 4.78 is 0. The second-order valence-electron chi connectivity index (χ2n) is 4.06. The van der Waals surface area contributed by atoms with Gasteiger partial charge in [0.1, 0.15) is 0 Å². The van der Waals surface area contributed by atoms with Crippen LogP contribution in [0.5, 0.6) is 0 Å². The summed E-state index contributed by atoms with van der Waals surface area (Å²) >= 11 is 14.1. The molecule has 0 aliphatic rings. The van der Waals surface area contributed by atoms with Gasteiger partial charge in [-0.05, 0) is 41.8 Å². The smallest absolute Gasteiger partial charge is 0.0454 e. The van der Waals surface area contributed by atoms with Crippen molar-refractivity contribution in [3.8, 4) is 0 Å². The van der Waals surface area contributed by atoms with Crippen LogP contribution in [0.1, 0.15) is 23.4 Å². The van der Waals surface area contributed by atoms with Crippen molar-refractivity contribution in [3.63, 3.8) is 0 Å². The number of rotatable bonds is 5. The molecule has 1 N–H and O–H groups in total. The molecule has 0 saturated heterocycles. The van der Waals surface area contributed by atoms with Crippen LogP contribution in [-0.4, -0.2) is 6.54 Å². The van der Waals surface area contributed by atoms with Gasteiger partial charge in [0.05, 0.1) is 0 Å². The van der Waals surface area contributed by atoms with Gasteiger partial charge in [-0.25, -0.2) is 0 Å². The third-order valence-corrected chi connectivity index (χ3v) is 4.25. The second kappa shape index (κ2) is 6.58. The van der Waals surface area contributed by atoms with Gasteiger partial charge in [0, 0.05) is 27.4 Å². The molecule has 0 fully saturated rings. The fourth-order valence-corrected chi connectivity index (χ4v) is 3.13. The number of hydrogen-bond donors (Lipinski definition) is 1. The number of benzene rings is 1. The Morgan fingerprint density at radius 1 is 1.28 bits per heavy atom. The summed E-state index contributed by atoms with van der Waals surface area (Å²) in [5, 5.41) is 7.06. The Morgan fingerprint density at radius 2 is 2.11 bits per heavy atom. The zero-order valence-corrected chi connectivity index (χ0v) is 12.4. The average Bonchev–Trinajstić information content (AvgIpc) is 2.85. The summed E-state index contributed by atoms with van der Waals surface area (Å²) in [5.41, 5.74) is 1.07. The third-order valence-electron chi connectivity index (χ3n) is 2.77. The molecule has 0 spiro atoms. The van der Waals surface area contributed by atoms with Gasteiger partial charge in [-0.15, -0.1) is 11.3 Å². The molecule has 18 heavy (non-hydrogen) atoms. The van der Waals surface area contributed by atoms with Crippen molar-refractivity contribution in [2.24, 2.45) is 0 Å². The number of nitrogens with one attached hydrogen (secondary N) is 1. The summed E-state index contributed by atoms with van der Waals surface area (Å²) in [6.07, 6.45) is 0.936. The number of hydrogen-bond acceptors (Lipinski definition) is 2. The molecule has 0 aliphatic carbocycles. The Bertz CT molecular complexity index is 497. The predicted octanol–water partition coefficient (Wildman–Crippen LogP) is 4.95. The van der Waals surface area contributed by atoms with E-state index in [1.165, 1.54) is 4.88 Å². The summed E-state index contributed by atoms with van der Waals surface area (Å²) in [5.74, 6) is 0. The number of halogens is 2. The molecule has 0 aliphatic heterocycles. The van der Waals surface area contributed by atoms with Gasteiger partial charge in [0.15, 0.2) is 0 Å². The van der Waals surface area contributed by atoms with Crippen LogP contribution in [0.25, 0.3) is 0 Å². The molecule has 0 saturated carbocycles. The maximum atomic E-state index is 6.27. The zero-order valence-electron chi connectivity index (χ0n) is 10.1. The molecule has 1 aromatic heterocycles. The topological polar surface area (TPSA) is 12.0 Å². The predicted molar refractivity (Wildman–Crippen MR) is 80.9 cm³/mol. The molecular weight excluding hydrogens is 285 g/mol. The number of likely N-dealkylation sites (N-methyl/N-ethyl adjacent to an activating group) is 1. The van der Waals surface area contributed by atoms with Crippen LogP contribution < -0.4 is 5.32 Å². The molecule has 1 nitrogen and oxygen atoms in total. The van der Waals surface area contributed by atoms with E-state index in [2.05, 4.69) is 29.8 Å². The lowest BCUT2D eigenvalue weighted by Crippen LogP contribution is -2.23. The maximum absolute atomic E-state index is 6.27. The minimum atomic E-state index is 0.208. The van der Waals surface area contributed by atoms with E-state index in [0.29, 0.717) is 0 Å². The van der Waals surface area contributed by atoms with Crippen molar-refractivity contribution in [3.05, 3.63) is 56.2 Å². The molecule has 0 amide bonds. The highest BCUT2D eigenvalue weighted by molar-refractivity contribution is 7.09. The quantitative estimate of drug-likeness (QED) is 0.824. The fourth-order valence-electron chi connectivity index (χ4n) is 1.95. The standard InChI is InChI=1S/C14H15Cl2NS/c1-2-17-14(9-11-4-3-7-18-11)12-8-10(15)5-6-13(12)16/h3-8,14,17H,2,9H2,1H3. The largest absolute Gasteiger partial charge is 0.310 e. The first kappa shape index (κ1) is 13.9. The molecule has 96 valence electrons. The molecule has 2 rings (SSSR count). The van der Waals surface area contributed by atoms with Crippen molar-refractivity contribution in [1.29, 1.82) is 0 Å². The van der Waals surface area contributed by atoms with Crippen LogP contribution >= 0.6 is 34.5 Å². The van der Waals surface area contributed by atoms with E-state index in [1.807, 2.05) is 18.2 Å². The van der Waals surface area contributed by atoms with E-state index >= 15 is 0 Å². The third kappa shape index (κ3) is 3.48. The van der Waals surface area contributed by atoms with E-state index in [4.69, 9.17) is 23.2 Å². The second-order valence-corrected chi connectivity index (χ2v) is 5.94. The fraction of sp³-hybridized carbons (Fsp3) is 0.286. The van der Waals surface area contributed by atoms with Crippen LogP contribution in [-0.2, 0) is 6.42 Å².